The van der Waals surface area contributed by atoms with Gasteiger partial charge < -0.3 is 15.5 Å². The van der Waals surface area contributed by atoms with Gasteiger partial charge in [0.1, 0.15) is 11.5 Å². The molecule has 0 spiro atoms. The van der Waals surface area contributed by atoms with Gasteiger partial charge in [-0.1, -0.05) is 30.5 Å². The summed E-state index contributed by atoms with van der Waals surface area (Å²) < 4.78 is 18.9. The van der Waals surface area contributed by atoms with Gasteiger partial charge in [-0.05, 0) is 74.2 Å². The van der Waals surface area contributed by atoms with Crippen LogP contribution in [0.15, 0.2) is 65.8 Å². The molecule has 2 N–H and O–H groups in total. The van der Waals surface area contributed by atoms with Crippen molar-refractivity contribution in [3.05, 3.63) is 82.2 Å². The summed E-state index contributed by atoms with van der Waals surface area (Å²) in [7, 11) is 1.86. The number of nitrogens with one attached hydrogen (secondary N) is 2. The molecule has 2 atom stereocenters. The summed E-state index contributed by atoms with van der Waals surface area (Å²) in [6.45, 7) is 5.69. The predicted molar refractivity (Wildman–Crippen MR) is 178 cm³/mol. The van der Waals surface area contributed by atoms with Crippen molar-refractivity contribution in [1.82, 2.24) is 29.6 Å². The summed E-state index contributed by atoms with van der Waals surface area (Å²) in [5, 5.41) is 12.3. The minimum absolute atomic E-state index is 0.0254. The Morgan fingerprint density at radius 1 is 0.978 bits per heavy atom. The van der Waals surface area contributed by atoms with Gasteiger partial charge in [-0.15, -0.1) is 0 Å². The molecule has 1 aliphatic heterocycles. The monoisotopic (exact) mass is 626 g/mol. The smallest absolute Gasteiger partial charge is 0.260 e. The highest BCUT2D eigenvalue weighted by Crippen LogP contribution is 2.36. The second-order valence-corrected chi connectivity index (χ2v) is 12.8. The van der Waals surface area contributed by atoms with Crippen molar-refractivity contribution in [2.75, 3.05) is 23.3 Å². The van der Waals surface area contributed by atoms with Crippen LogP contribution < -0.4 is 21.1 Å². The highest BCUT2D eigenvalue weighted by Gasteiger charge is 2.26. The summed E-state index contributed by atoms with van der Waals surface area (Å²) in [6.07, 6.45) is 9.32. The van der Waals surface area contributed by atoms with E-state index in [2.05, 4.69) is 39.5 Å². The fraction of sp³-hybridized carbons (Fsp3) is 0.353. The number of nitrogens with zero attached hydrogens (tertiary/aromatic N) is 6. The zero-order valence-corrected chi connectivity index (χ0v) is 26.4. The highest BCUT2D eigenvalue weighted by atomic mass is 35.5. The molecule has 45 heavy (non-hydrogen) atoms. The third-order valence-corrected chi connectivity index (χ3v) is 9.09. The normalized spacial score (nSPS) is 19.0. The van der Waals surface area contributed by atoms with Crippen molar-refractivity contribution in [3.63, 3.8) is 0 Å². The number of fused-ring (bicyclic) bond motifs is 1. The van der Waals surface area contributed by atoms with Gasteiger partial charge in [0.25, 0.3) is 5.56 Å². The number of benzene rings is 2. The third kappa shape index (κ3) is 5.80. The Balaban J connectivity index is 1.28. The zero-order chi connectivity index (χ0) is 31.2. The number of anilines is 3. The van der Waals surface area contributed by atoms with E-state index in [1.165, 1.54) is 6.07 Å². The molecular weight excluding hydrogens is 591 g/mol. The number of hydrogen-bond acceptors (Lipinski definition) is 7. The number of hydrogen-bond donors (Lipinski definition) is 2. The number of aryl methyl sites for hydroxylation is 1. The predicted octanol–water partition coefficient (Wildman–Crippen LogP) is 6.70. The molecule has 1 saturated carbocycles. The molecule has 2 aromatic carbocycles. The molecule has 1 saturated heterocycles. The van der Waals surface area contributed by atoms with Crippen LogP contribution in [0.1, 0.15) is 45.6 Å². The van der Waals surface area contributed by atoms with Crippen LogP contribution in [0, 0.1) is 5.82 Å². The SMILES string of the molecule is C[C@@H]1CN(c2ccc(Nc3ncc4cc(-c5ccc(Cl)cc5-c5cnn(C)c5)c(=O)n(C5CCCC5)c4n3)cc2F)C[C@H](C)N1. The topological polar surface area (TPSA) is 92.9 Å². The zero-order valence-electron chi connectivity index (χ0n) is 25.6. The molecule has 5 aromatic rings. The molecule has 9 nitrogen and oxygen atoms in total. The molecular formula is C34H36ClFN8O. The Hall–Kier alpha value is -4.28. The summed E-state index contributed by atoms with van der Waals surface area (Å²) in [6, 6.07) is 13.1. The fourth-order valence-electron chi connectivity index (χ4n) is 6.92. The number of aromatic nitrogens is 5. The fourth-order valence-corrected chi connectivity index (χ4v) is 7.09. The molecule has 3 aromatic heterocycles. The Labute approximate surface area is 266 Å². The molecule has 2 fully saturated rings. The van der Waals surface area contributed by atoms with Crippen LogP contribution in [0.3, 0.4) is 0 Å². The maximum Gasteiger partial charge on any atom is 0.260 e. The van der Waals surface area contributed by atoms with E-state index >= 15 is 4.39 Å². The van der Waals surface area contributed by atoms with Crippen LogP contribution in [-0.4, -0.2) is 49.5 Å². The molecule has 0 unspecified atom stereocenters. The molecule has 0 amide bonds. The lowest BCUT2D eigenvalue weighted by Crippen LogP contribution is -2.54. The van der Waals surface area contributed by atoms with E-state index in [1.807, 2.05) is 42.1 Å². The van der Waals surface area contributed by atoms with Gasteiger partial charge in [0.2, 0.25) is 5.95 Å². The first kappa shape index (κ1) is 29.4. The summed E-state index contributed by atoms with van der Waals surface area (Å²) >= 11 is 6.42. The first-order valence-corrected chi connectivity index (χ1v) is 15.9. The molecule has 1 aliphatic carbocycles. The van der Waals surface area contributed by atoms with Gasteiger partial charge in [-0.25, -0.2) is 9.37 Å². The average molecular weight is 627 g/mol. The average Bonchev–Trinajstić information content (AvgIpc) is 3.69. The quantitative estimate of drug-likeness (QED) is 0.217. The van der Waals surface area contributed by atoms with Gasteiger partial charge in [0.15, 0.2) is 0 Å². The van der Waals surface area contributed by atoms with Crippen molar-refractivity contribution in [3.8, 4) is 22.3 Å². The molecule has 0 bridgehead atoms. The third-order valence-electron chi connectivity index (χ3n) is 8.85. The van der Waals surface area contributed by atoms with E-state index in [0.717, 1.165) is 60.8 Å². The Morgan fingerprint density at radius 3 is 2.47 bits per heavy atom. The molecule has 0 radical (unpaired) electrons. The molecule has 7 rings (SSSR count). The van der Waals surface area contributed by atoms with Gasteiger partial charge in [-0.2, -0.15) is 10.1 Å². The molecule has 11 heteroatoms. The lowest BCUT2D eigenvalue weighted by molar-refractivity contribution is 0.404. The van der Waals surface area contributed by atoms with Crippen molar-refractivity contribution in [1.29, 1.82) is 0 Å². The van der Waals surface area contributed by atoms with Crippen LogP contribution in [0.25, 0.3) is 33.3 Å². The molecule has 2 aliphatic rings. The lowest BCUT2D eigenvalue weighted by Gasteiger charge is -2.37. The van der Waals surface area contributed by atoms with E-state index in [4.69, 9.17) is 16.6 Å². The second-order valence-electron chi connectivity index (χ2n) is 12.4. The van der Waals surface area contributed by atoms with Crippen molar-refractivity contribution in [2.24, 2.45) is 7.05 Å². The van der Waals surface area contributed by atoms with Gasteiger partial charge in [-0.3, -0.25) is 14.0 Å². The Bertz CT molecular complexity index is 1940. The maximum absolute atomic E-state index is 15.4. The van der Waals surface area contributed by atoms with E-state index in [-0.39, 0.29) is 29.5 Å². The van der Waals surface area contributed by atoms with E-state index < -0.39 is 0 Å². The van der Waals surface area contributed by atoms with Crippen molar-refractivity contribution in [2.45, 2.75) is 57.7 Å². The standard InChI is InChI=1S/C34H36ClFN8O/c1-20-17-43(18-21(2)39-20)31-11-9-25(14-30(31)36)40-34-37-15-22-12-29(33(45)44(32(22)41-34)26-6-4-5-7-26)27-10-8-24(35)13-28(27)23-16-38-42(3)19-23/h8-16,19-21,26,39H,4-7,17-18H2,1-3H3,(H,37,40,41)/t20-,21+. The van der Waals surface area contributed by atoms with E-state index in [9.17, 15) is 4.79 Å². The number of pyridine rings is 1. The second kappa shape index (κ2) is 11.9. The number of halogens is 2. The van der Waals surface area contributed by atoms with Crippen LogP contribution in [0.2, 0.25) is 5.02 Å². The summed E-state index contributed by atoms with van der Waals surface area (Å²) in [5.74, 6) is 0.00230. The first-order chi connectivity index (χ1) is 21.7. The molecule has 232 valence electrons. The number of rotatable bonds is 6. The maximum atomic E-state index is 15.4. The van der Waals surface area contributed by atoms with E-state index in [0.29, 0.717) is 33.6 Å². The molecule has 4 heterocycles. The van der Waals surface area contributed by atoms with Gasteiger partial charge in [0, 0.05) is 77.9 Å². The van der Waals surface area contributed by atoms with E-state index in [1.54, 1.807) is 29.2 Å². The van der Waals surface area contributed by atoms with Gasteiger partial charge in [0.05, 0.1) is 11.9 Å². The van der Waals surface area contributed by atoms with Crippen molar-refractivity contribution >= 4 is 40.0 Å². The minimum atomic E-state index is -0.304. The van der Waals surface area contributed by atoms with Crippen LogP contribution in [-0.2, 0) is 7.05 Å². The largest absolute Gasteiger partial charge is 0.366 e. The lowest BCUT2D eigenvalue weighted by atomic mass is 9.96. The Morgan fingerprint density at radius 2 is 1.76 bits per heavy atom. The Kier molecular flexibility index (Phi) is 7.79. The van der Waals surface area contributed by atoms with Crippen LogP contribution in [0.5, 0.6) is 0 Å². The number of piperazine rings is 1. The summed E-state index contributed by atoms with van der Waals surface area (Å²) in [4.78, 5) is 25.9. The van der Waals surface area contributed by atoms with Gasteiger partial charge >= 0.3 is 0 Å². The van der Waals surface area contributed by atoms with Crippen LogP contribution >= 0.6 is 11.6 Å². The highest BCUT2D eigenvalue weighted by molar-refractivity contribution is 6.31. The minimum Gasteiger partial charge on any atom is -0.366 e. The first-order valence-electron chi connectivity index (χ1n) is 15.5. The van der Waals surface area contributed by atoms with Crippen LogP contribution in [0.4, 0.5) is 21.7 Å². The van der Waals surface area contributed by atoms with Crippen molar-refractivity contribution < 1.29 is 4.39 Å². The summed E-state index contributed by atoms with van der Waals surface area (Å²) in [5.41, 5.74) is 4.61.